The summed E-state index contributed by atoms with van der Waals surface area (Å²) in [7, 11) is 0. The van der Waals surface area contributed by atoms with Gasteiger partial charge < -0.3 is 4.74 Å². The van der Waals surface area contributed by atoms with Crippen LogP contribution in [0.1, 0.15) is 112 Å². The number of benzene rings is 2. The monoisotopic (exact) mass is 518 g/mol. The number of aromatic nitrogens is 2. The Labute approximate surface area is 228 Å². The number of hydrogen-bond acceptors (Lipinski definition) is 4. The van der Waals surface area contributed by atoms with Gasteiger partial charge in [-0.2, -0.15) is 0 Å². The van der Waals surface area contributed by atoms with E-state index in [9.17, 15) is 9.18 Å². The van der Waals surface area contributed by atoms with E-state index >= 15 is 0 Å². The molecule has 0 spiro atoms. The summed E-state index contributed by atoms with van der Waals surface area (Å²) in [5.74, 6) is 0.0000763. The van der Waals surface area contributed by atoms with Crippen LogP contribution in [0, 0.1) is 5.82 Å². The molecule has 0 aliphatic heterocycles. The Hall–Kier alpha value is -3.08. The van der Waals surface area contributed by atoms with E-state index in [-0.39, 0.29) is 11.6 Å². The maximum Gasteiger partial charge on any atom is 0.343 e. The number of carbonyl (C=O) groups is 1. The minimum absolute atomic E-state index is 0.216. The highest BCUT2D eigenvalue weighted by atomic mass is 19.1. The lowest BCUT2D eigenvalue weighted by atomic mass is 10.0. The average molecular weight is 519 g/mol. The molecule has 0 atom stereocenters. The first-order valence-corrected chi connectivity index (χ1v) is 14.5. The van der Waals surface area contributed by atoms with Gasteiger partial charge in [-0.15, -0.1) is 0 Å². The molecule has 0 N–H and O–H groups in total. The fourth-order valence-corrected chi connectivity index (χ4v) is 4.55. The third-order valence-electron chi connectivity index (χ3n) is 6.94. The van der Waals surface area contributed by atoms with E-state index in [1.807, 2.05) is 24.5 Å². The van der Waals surface area contributed by atoms with Crippen LogP contribution in [0.4, 0.5) is 4.39 Å². The van der Waals surface area contributed by atoms with E-state index < -0.39 is 5.97 Å². The van der Waals surface area contributed by atoms with E-state index in [1.54, 1.807) is 24.3 Å². The molecular weight excluding hydrogens is 475 g/mol. The summed E-state index contributed by atoms with van der Waals surface area (Å²) in [4.78, 5) is 21.6. The van der Waals surface area contributed by atoms with E-state index in [2.05, 4.69) is 23.8 Å². The zero-order chi connectivity index (χ0) is 27.0. The van der Waals surface area contributed by atoms with Crippen molar-refractivity contribution in [1.82, 2.24) is 9.97 Å². The maximum atomic E-state index is 14.6. The van der Waals surface area contributed by atoms with Gasteiger partial charge in [0.1, 0.15) is 11.6 Å². The zero-order valence-corrected chi connectivity index (χ0v) is 23.2. The number of halogens is 1. The third kappa shape index (κ3) is 10.00. The van der Waals surface area contributed by atoms with Crippen molar-refractivity contribution in [3.8, 4) is 17.1 Å². The first kappa shape index (κ1) is 29.5. The predicted octanol–water partition coefficient (Wildman–Crippen LogP) is 9.31. The van der Waals surface area contributed by atoms with Crippen LogP contribution in [0.3, 0.4) is 0 Å². The van der Waals surface area contributed by atoms with Crippen molar-refractivity contribution >= 4 is 5.97 Å². The molecule has 0 amide bonds. The van der Waals surface area contributed by atoms with Crippen LogP contribution in [0.25, 0.3) is 11.4 Å². The van der Waals surface area contributed by atoms with Crippen LogP contribution in [-0.2, 0) is 12.8 Å². The van der Waals surface area contributed by atoms with Crippen molar-refractivity contribution in [2.24, 2.45) is 0 Å². The first-order chi connectivity index (χ1) is 18.6. The van der Waals surface area contributed by atoms with Crippen molar-refractivity contribution in [3.63, 3.8) is 0 Å². The average Bonchev–Trinajstić information content (AvgIpc) is 2.94. The molecule has 4 nitrogen and oxygen atoms in total. The lowest BCUT2D eigenvalue weighted by molar-refractivity contribution is 0.0734. The lowest BCUT2D eigenvalue weighted by Crippen LogP contribution is -2.09. The molecule has 2 aromatic carbocycles. The Morgan fingerprint density at radius 3 is 1.92 bits per heavy atom. The van der Waals surface area contributed by atoms with E-state index in [1.165, 1.54) is 63.9 Å². The Balaban J connectivity index is 1.46. The van der Waals surface area contributed by atoms with Crippen molar-refractivity contribution in [2.75, 3.05) is 0 Å². The highest BCUT2D eigenvalue weighted by molar-refractivity contribution is 5.91. The minimum atomic E-state index is -0.518. The molecule has 204 valence electrons. The zero-order valence-electron chi connectivity index (χ0n) is 23.2. The summed E-state index contributed by atoms with van der Waals surface area (Å²) < 4.78 is 20.0. The van der Waals surface area contributed by atoms with Gasteiger partial charge in [0.2, 0.25) is 0 Å². The highest BCUT2D eigenvalue weighted by Gasteiger charge is 2.12. The predicted molar refractivity (Wildman–Crippen MR) is 153 cm³/mol. The van der Waals surface area contributed by atoms with Crippen molar-refractivity contribution in [3.05, 3.63) is 77.4 Å². The molecule has 0 bridgehead atoms. The van der Waals surface area contributed by atoms with Gasteiger partial charge in [0.25, 0.3) is 0 Å². The number of carbonyl (C=O) groups excluding carboxylic acids is 1. The molecule has 5 heteroatoms. The second-order valence-electron chi connectivity index (χ2n) is 10.2. The number of unbranched alkanes of at least 4 members (excludes halogenated alkanes) is 10. The number of ether oxygens (including phenoxy) is 1. The van der Waals surface area contributed by atoms with Gasteiger partial charge >= 0.3 is 5.97 Å². The summed E-state index contributed by atoms with van der Waals surface area (Å²) in [5.41, 5.74) is 3.04. The third-order valence-corrected chi connectivity index (χ3v) is 6.94. The molecule has 0 unspecified atom stereocenters. The van der Waals surface area contributed by atoms with Gasteiger partial charge in [0.05, 0.1) is 5.56 Å². The lowest BCUT2D eigenvalue weighted by Gasteiger charge is -2.08. The van der Waals surface area contributed by atoms with E-state index in [4.69, 9.17) is 4.74 Å². The molecule has 3 rings (SSSR count). The molecule has 38 heavy (non-hydrogen) atoms. The second-order valence-corrected chi connectivity index (χ2v) is 10.2. The summed E-state index contributed by atoms with van der Waals surface area (Å²) >= 11 is 0. The summed E-state index contributed by atoms with van der Waals surface area (Å²) in [6, 6.07) is 11.7. The maximum absolute atomic E-state index is 14.6. The van der Waals surface area contributed by atoms with Crippen molar-refractivity contribution < 1.29 is 13.9 Å². The Bertz CT molecular complexity index is 1100. The van der Waals surface area contributed by atoms with Gasteiger partial charge in [-0.1, -0.05) is 96.3 Å². The van der Waals surface area contributed by atoms with Gasteiger partial charge in [-0.25, -0.2) is 19.2 Å². The molecule has 0 radical (unpaired) electrons. The Morgan fingerprint density at radius 2 is 1.32 bits per heavy atom. The number of rotatable bonds is 17. The second kappa shape index (κ2) is 16.7. The van der Waals surface area contributed by atoms with E-state index in [0.29, 0.717) is 23.4 Å². The number of nitrogens with zero attached hydrogens (tertiary/aromatic N) is 2. The number of esters is 1. The summed E-state index contributed by atoms with van der Waals surface area (Å²) in [5, 5.41) is 0. The molecule has 0 saturated heterocycles. The van der Waals surface area contributed by atoms with Crippen LogP contribution >= 0.6 is 0 Å². The molecule has 1 heterocycles. The van der Waals surface area contributed by atoms with Crippen molar-refractivity contribution in [1.29, 1.82) is 0 Å². The van der Waals surface area contributed by atoms with E-state index in [0.717, 1.165) is 36.8 Å². The fourth-order valence-electron chi connectivity index (χ4n) is 4.55. The van der Waals surface area contributed by atoms with Crippen LogP contribution in [0.15, 0.2) is 54.9 Å². The van der Waals surface area contributed by atoms with Crippen LogP contribution in [0.5, 0.6) is 5.75 Å². The summed E-state index contributed by atoms with van der Waals surface area (Å²) in [6.45, 7) is 4.44. The minimum Gasteiger partial charge on any atom is -0.423 e. The molecule has 3 aromatic rings. The molecule has 0 fully saturated rings. The highest BCUT2D eigenvalue weighted by Crippen LogP contribution is 2.22. The summed E-state index contributed by atoms with van der Waals surface area (Å²) in [6.07, 6.45) is 20.1. The number of hydrogen-bond donors (Lipinski definition) is 0. The van der Waals surface area contributed by atoms with Crippen molar-refractivity contribution in [2.45, 2.75) is 104 Å². The quantitative estimate of drug-likeness (QED) is 0.101. The topological polar surface area (TPSA) is 52.1 Å². The van der Waals surface area contributed by atoms with Crippen LogP contribution in [-0.4, -0.2) is 15.9 Å². The smallest absolute Gasteiger partial charge is 0.343 e. The molecule has 0 aliphatic rings. The fraction of sp³-hybridized carbons (Fsp3) is 0.485. The number of aryl methyl sites for hydroxylation is 2. The van der Waals surface area contributed by atoms with Gasteiger partial charge in [0.15, 0.2) is 5.82 Å². The van der Waals surface area contributed by atoms with Crippen LogP contribution in [0.2, 0.25) is 0 Å². The first-order valence-electron chi connectivity index (χ1n) is 14.5. The van der Waals surface area contributed by atoms with Gasteiger partial charge in [0, 0.05) is 24.0 Å². The molecular formula is C33H43FN2O2. The molecule has 0 aliphatic carbocycles. The molecule has 0 saturated carbocycles. The van der Waals surface area contributed by atoms with Crippen LogP contribution < -0.4 is 4.74 Å². The Morgan fingerprint density at radius 1 is 0.737 bits per heavy atom. The SMILES string of the molecule is CCCCCCCCCc1ccc(OC(=O)c2ccc(-c3ncc(CCCCCCC)cn3)cc2)cc1F. The Kier molecular flexibility index (Phi) is 13.0. The largest absolute Gasteiger partial charge is 0.423 e. The normalized spacial score (nSPS) is 11.0. The standard InChI is InChI=1S/C33H43FN2O2/c1-3-5-7-9-10-12-14-16-27-21-22-30(23-31(27)34)38-33(37)29-19-17-28(18-20-29)32-35-24-26(25-36-32)15-13-11-8-6-4-2/h17-25H,3-16H2,1-2H3. The molecule has 1 aromatic heterocycles. The van der Waals surface area contributed by atoms with Gasteiger partial charge in [-0.05, 0) is 55.0 Å². The van der Waals surface area contributed by atoms with Gasteiger partial charge in [-0.3, -0.25) is 0 Å².